The SMILES string of the molecule is CCN(CC(C)C#N)Cn1nc(-c2cccc(S(=O)(=O)N(CC)CC)c2)oc1=S. The molecule has 10 heteroatoms. The summed E-state index contributed by atoms with van der Waals surface area (Å²) in [6, 6.07) is 8.73. The third-order valence-corrected chi connectivity index (χ3v) is 6.90. The number of nitriles is 1. The van der Waals surface area contributed by atoms with E-state index < -0.39 is 10.0 Å². The Morgan fingerprint density at radius 3 is 2.55 bits per heavy atom. The molecule has 1 atom stereocenters. The Kier molecular flexibility index (Phi) is 8.10. The molecule has 0 saturated carbocycles. The lowest BCUT2D eigenvalue weighted by Crippen LogP contribution is -2.30. The molecule has 1 heterocycles. The molecule has 1 aromatic carbocycles. The van der Waals surface area contributed by atoms with Crippen LogP contribution in [-0.4, -0.2) is 53.6 Å². The van der Waals surface area contributed by atoms with E-state index in [0.717, 1.165) is 6.54 Å². The summed E-state index contributed by atoms with van der Waals surface area (Å²) >= 11 is 5.28. The van der Waals surface area contributed by atoms with Crippen LogP contribution in [0.2, 0.25) is 0 Å². The van der Waals surface area contributed by atoms with Crippen LogP contribution >= 0.6 is 12.2 Å². The molecule has 0 saturated heterocycles. The maximum atomic E-state index is 12.8. The Labute approximate surface area is 177 Å². The van der Waals surface area contributed by atoms with Crippen molar-refractivity contribution in [3.63, 3.8) is 0 Å². The molecule has 8 nitrogen and oxygen atoms in total. The highest BCUT2D eigenvalue weighted by atomic mass is 32.2. The van der Waals surface area contributed by atoms with Crippen LogP contribution in [0.25, 0.3) is 11.5 Å². The van der Waals surface area contributed by atoms with Gasteiger partial charge < -0.3 is 4.42 Å². The second-order valence-corrected chi connectivity index (χ2v) is 8.92. The fraction of sp³-hybridized carbons (Fsp3) is 0.526. The van der Waals surface area contributed by atoms with E-state index in [1.807, 2.05) is 18.7 Å². The zero-order valence-corrected chi connectivity index (χ0v) is 18.8. The fourth-order valence-electron chi connectivity index (χ4n) is 2.92. The van der Waals surface area contributed by atoms with E-state index in [2.05, 4.69) is 11.2 Å². The predicted octanol–water partition coefficient (Wildman–Crippen LogP) is 3.34. The van der Waals surface area contributed by atoms with Gasteiger partial charge in [0.15, 0.2) is 0 Å². The van der Waals surface area contributed by atoms with Crippen LogP contribution in [0, 0.1) is 22.1 Å². The monoisotopic (exact) mass is 437 g/mol. The Bertz CT molecular complexity index is 1020. The molecule has 29 heavy (non-hydrogen) atoms. The first-order valence-corrected chi connectivity index (χ1v) is 11.4. The number of rotatable bonds is 10. The predicted molar refractivity (Wildman–Crippen MR) is 113 cm³/mol. The van der Waals surface area contributed by atoms with Crippen molar-refractivity contribution in [1.29, 1.82) is 5.26 Å². The molecule has 158 valence electrons. The van der Waals surface area contributed by atoms with E-state index in [1.165, 1.54) is 4.31 Å². The van der Waals surface area contributed by atoms with Gasteiger partial charge in [0, 0.05) is 25.2 Å². The summed E-state index contributed by atoms with van der Waals surface area (Å²) in [6.07, 6.45) is 0. The third kappa shape index (κ3) is 5.51. The largest absolute Gasteiger partial charge is 0.409 e. The first kappa shape index (κ1) is 23.2. The van der Waals surface area contributed by atoms with Gasteiger partial charge in [-0.25, -0.2) is 13.1 Å². The minimum absolute atomic E-state index is 0.113. The maximum absolute atomic E-state index is 12.8. The average molecular weight is 438 g/mol. The van der Waals surface area contributed by atoms with Gasteiger partial charge in [0.2, 0.25) is 15.9 Å². The highest BCUT2D eigenvalue weighted by molar-refractivity contribution is 7.89. The van der Waals surface area contributed by atoms with E-state index in [0.29, 0.717) is 31.9 Å². The van der Waals surface area contributed by atoms with Crippen LogP contribution in [-0.2, 0) is 16.7 Å². The second-order valence-electron chi connectivity index (χ2n) is 6.63. The number of sulfonamides is 1. The van der Waals surface area contributed by atoms with E-state index in [4.69, 9.17) is 21.9 Å². The molecule has 2 rings (SSSR count). The van der Waals surface area contributed by atoms with Gasteiger partial charge in [0.25, 0.3) is 4.84 Å². The smallest absolute Gasteiger partial charge is 0.288 e. The van der Waals surface area contributed by atoms with Gasteiger partial charge in [-0.1, -0.05) is 26.8 Å². The van der Waals surface area contributed by atoms with Crippen molar-refractivity contribution in [2.75, 3.05) is 26.2 Å². The van der Waals surface area contributed by atoms with E-state index in [9.17, 15) is 8.42 Å². The molecule has 0 aliphatic rings. The molecule has 0 spiro atoms. The first-order valence-electron chi connectivity index (χ1n) is 9.57. The number of hydrogen-bond acceptors (Lipinski definition) is 7. The van der Waals surface area contributed by atoms with Gasteiger partial charge in [-0.05, 0) is 43.9 Å². The van der Waals surface area contributed by atoms with Crippen molar-refractivity contribution in [3.8, 4) is 17.5 Å². The molecule has 0 amide bonds. The topological polar surface area (TPSA) is 95.4 Å². The van der Waals surface area contributed by atoms with Gasteiger partial charge >= 0.3 is 0 Å². The van der Waals surface area contributed by atoms with Crippen LogP contribution in [0.15, 0.2) is 33.6 Å². The van der Waals surface area contributed by atoms with Crippen LogP contribution in [0.1, 0.15) is 27.7 Å². The summed E-state index contributed by atoms with van der Waals surface area (Å²) < 4.78 is 34.1. The Morgan fingerprint density at radius 1 is 1.28 bits per heavy atom. The highest BCUT2D eigenvalue weighted by Gasteiger charge is 2.22. The van der Waals surface area contributed by atoms with Crippen molar-refractivity contribution in [2.45, 2.75) is 39.3 Å². The van der Waals surface area contributed by atoms with Crippen molar-refractivity contribution < 1.29 is 12.8 Å². The molecule has 0 aliphatic carbocycles. The molecule has 0 radical (unpaired) electrons. The van der Waals surface area contributed by atoms with E-state index in [-0.39, 0.29) is 21.5 Å². The summed E-state index contributed by atoms with van der Waals surface area (Å²) in [5, 5.41) is 13.5. The van der Waals surface area contributed by atoms with Crippen LogP contribution in [0.3, 0.4) is 0 Å². The number of aromatic nitrogens is 2. The Balaban J connectivity index is 2.32. The minimum atomic E-state index is -3.58. The molecule has 0 aliphatic heterocycles. The maximum Gasteiger partial charge on any atom is 0.288 e. The summed E-state index contributed by atoms with van der Waals surface area (Å²) in [5.74, 6) is 0.147. The Morgan fingerprint density at radius 2 is 1.97 bits per heavy atom. The third-order valence-electron chi connectivity index (χ3n) is 4.56. The van der Waals surface area contributed by atoms with Gasteiger partial charge in [-0.15, -0.1) is 5.10 Å². The molecule has 2 aromatic rings. The molecule has 0 bridgehead atoms. The molecule has 1 aromatic heterocycles. The van der Waals surface area contributed by atoms with E-state index >= 15 is 0 Å². The zero-order valence-electron chi connectivity index (χ0n) is 17.2. The summed E-state index contributed by atoms with van der Waals surface area (Å²) in [5.41, 5.74) is 0.538. The van der Waals surface area contributed by atoms with Gasteiger partial charge in [-0.3, -0.25) is 4.90 Å². The van der Waals surface area contributed by atoms with Crippen LogP contribution in [0.4, 0.5) is 0 Å². The van der Waals surface area contributed by atoms with E-state index in [1.54, 1.807) is 42.8 Å². The van der Waals surface area contributed by atoms with Gasteiger partial charge in [0.05, 0.1) is 23.6 Å². The standard InChI is InChI=1S/C19H27N5O3S2/c1-5-22(13-15(4)12-20)14-24-19(28)27-18(21-24)16-9-8-10-17(11-16)29(25,26)23(6-2)7-3/h8-11,15H,5-7,13-14H2,1-4H3. The van der Waals surface area contributed by atoms with Gasteiger partial charge in [-0.2, -0.15) is 9.57 Å². The quantitative estimate of drug-likeness (QED) is 0.526. The van der Waals surface area contributed by atoms with Gasteiger partial charge in [0.1, 0.15) is 0 Å². The lowest BCUT2D eigenvalue weighted by Gasteiger charge is -2.20. The summed E-state index contributed by atoms with van der Waals surface area (Å²) in [7, 11) is -3.58. The highest BCUT2D eigenvalue weighted by Crippen LogP contribution is 2.23. The average Bonchev–Trinajstić information content (AvgIpc) is 3.08. The Hall–Kier alpha value is -2.06. The first-order chi connectivity index (χ1) is 13.8. The van der Waals surface area contributed by atoms with Crippen LogP contribution < -0.4 is 0 Å². The molecular formula is C19H27N5O3S2. The lowest BCUT2D eigenvalue weighted by atomic mass is 10.2. The molecule has 0 fully saturated rings. The van der Waals surface area contributed by atoms with Crippen molar-refractivity contribution in [3.05, 3.63) is 29.1 Å². The summed E-state index contributed by atoms with van der Waals surface area (Å²) in [4.78, 5) is 2.42. The zero-order chi connectivity index (χ0) is 21.6. The van der Waals surface area contributed by atoms with Crippen molar-refractivity contribution in [2.24, 2.45) is 5.92 Å². The molecule has 0 N–H and O–H groups in total. The lowest BCUT2D eigenvalue weighted by molar-refractivity contribution is 0.199. The summed E-state index contributed by atoms with van der Waals surface area (Å²) in [6.45, 7) is 9.97. The fourth-order valence-corrected chi connectivity index (χ4v) is 4.60. The minimum Gasteiger partial charge on any atom is -0.409 e. The van der Waals surface area contributed by atoms with Crippen molar-refractivity contribution >= 4 is 22.2 Å². The number of benzene rings is 1. The normalized spacial score (nSPS) is 13.0. The van der Waals surface area contributed by atoms with Crippen LogP contribution in [0.5, 0.6) is 0 Å². The molecule has 1 unspecified atom stereocenters. The molecular weight excluding hydrogens is 410 g/mol. The van der Waals surface area contributed by atoms with Crippen molar-refractivity contribution in [1.82, 2.24) is 19.0 Å². The number of hydrogen-bond donors (Lipinski definition) is 0. The second kappa shape index (κ2) is 10.1. The number of nitrogens with zero attached hydrogens (tertiary/aromatic N) is 5.